The molecule has 0 aromatic heterocycles. The van der Waals surface area contributed by atoms with E-state index < -0.39 is 10.0 Å². The zero-order chi connectivity index (χ0) is 15.8. The van der Waals surface area contributed by atoms with E-state index in [9.17, 15) is 8.42 Å². The third-order valence-electron chi connectivity index (χ3n) is 4.71. The smallest absolute Gasteiger partial charge is 0.243 e. The molecule has 2 N–H and O–H groups in total. The van der Waals surface area contributed by atoms with Crippen LogP contribution in [0.1, 0.15) is 42.9 Å². The van der Waals surface area contributed by atoms with E-state index in [2.05, 4.69) is 6.92 Å². The maximum atomic E-state index is 13.0. The van der Waals surface area contributed by atoms with Gasteiger partial charge < -0.3 is 5.73 Å². The summed E-state index contributed by atoms with van der Waals surface area (Å²) in [6.07, 6.45) is 3.04. The molecule has 0 bridgehead atoms. The zero-order valence-corrected chi connectivity index (χ0v) is 14.3. The van der Waals surface area contributed by atoms with E-state index in [4.69, 9.17) is 5.73 Å². The predicted octanol–water partition coefficient (Wildman–Crippen LogP) is 3.00. The molecule has 0 aliphatic carbocycles. The van der Waals surface area contributed by atoms with Crippen LogP contribution in [0.3, 0.4) is 0 Å². The minimum absolute atomic E-state index is 0.403. The van der Waals surface area contributed by atoms with Gasteiger partial charge in [0, 0.05) is 18.8 Å². The molecule has 0 atom stereocenters. The van der Waals surface area contributed by atoms with Gasteiger partial charge in [0.2, 0.25) is 10.0 Å². The van der Waals surface area contributed by atoms with Crippen LogP contribution in [-0.2, 0) is 10.0 Å². The molecular weight excluding hydrogens is 284 g/mol. The summed E-state index contributed by atoms with van der Waals surface area (Å²) in [6, 6.07) is 1.87. The number of nitrogens with zero attached hydrogens (tertiary/aromatic N) is 1. The number of rotatable bonds is 3. The lowest BCUT2D eigenvalue weighted by Gasteiger charge is -2.31. The normalized spacial score (nSPS) is 18.1. The molecule has 2 rings (SSSR count). The van der Waals surface area contributed by atoms with E-state index in [0.717, 1.165) is 30.4 Å². The SMILES string of the molecule is CCC1CCN(S(=O)(=O)c2c(C)cc(C)c(N)c2C)CC1. The molecule has 1 heterocycles. The van der Waals surface area contributed by atoms with Crippen molar-refractivity contribution in [3.05, 3.63) is 22.8 Å². The summed E-state index contributed by atoms with van der Waals surface area (Å²) in [5, 5.41) is 0. The average molecular weight is 310 g/mol. The van der Waals surface area contributed by atoms with Gasteiger partial charge in [-0.15, -0.1) is 0 Å². The van der Waals surface area contributed by atoms with E-state index in [1.54, 1.807) is 11.2 Å². The van der Waals surface area contributed by atoms with Gasteiger partial charge in [0.15, 0.2) is 0 Å². The molecule has 1 fully saturated rings. The van der Waals surface area contributed by atoms with Crippen LogP contribution in [0, 0.1) is 26.7 Å². The standard InChI is InChI=1S/C16H26N2O2S/c1-5-14-6-8-18(9-7-14)21(19,20)16-12(3)10-11(2)15(17)13(16)4/h10,14H,5-9,17H2,1-4H3. The van der Waals surface area contributed by atoms with E-state index >= 15 is 0 Å². The Kier molecular flexibility index (Phi) is 4.63. The number of piperidine rings is 1. The van der Waals surface area contributed by atoms with Gasteiger partial charge in [0.1, 0.15) is 0 Å². The molecule has 118 valence electrons. The predicted molar refractivity (Wildman–Crippen MR) is 86.8 cm³/mol. The first-order valence-corrected chi connectivity index (χ1v) is 9.09. The molecule has 4 nitrogen and oxygen atoms in total. The number of sulfonamides is 1. The first-order chi connectivity index (χ1) is 9.78. The van der Waals surface area contributed by atoms with Gasteiger partial charge in [-0.1, -0.05) is 19.4 Å². The summed E-state index contributed by atoms with van der Waals surface area (Å²) in [6.45, 7) is 8.98. The number of aryl methyl sites for hydroxylation is 2. The topological polar surface area (TPSA) is 63.4 Å². The number of nitrogens with two attached hydrogens (primary N) is 1. The summed E-state index contributed by atoms with van der Waals surface area (Å²) in [4.78, 5) is 0.403. The average Bonchev–Trinajstić information content (AvgIpc) is 2.44. The second kappa shape index (κ2) is 5.97. The van der Waals surface area contributed by atoms with Crippen molar-refractivity contribution < 1.29 is 8.42 Å². The van der Waals surface area contributed by atoms with Crippen LogP contribution >= 0.6 is 0 Å². The van der Waals surface area contributed by atoms with Crippen LogP contribution < -0.4 is 5.73 Å². The number of hydrogen-bond donors (Lipinski definition) is 1. The highest BCUT2D eigenvalue weighted by molar-refractivity contribution is 7.89. The molecule has 21 heavy (non-hydrogen) atoms. The van der Waals surface area contributed by atoms with Crippen molar-refractivity contribution in [2.45, 2.75) is 51.9 Å². The Morgan fingerprint density at radius 2 is 1.76 bits per heavy atom. The fraction of sp³-hybridized carbons (Fsp3) is 0.625. The Morgan fingerprint density at radius 3 is 2.29 bits per heavy atom. The van der Waals surface area contributed by atoms with Crippen molar-refractivity contribution in [1.82, 2.24) is 4.31 Å². The van der Waals surface area contributed by atoms with Crippen LogP contribution in [0.4, 0.5) is 5.69 Å². The third-order valence-corrected chi connectivity index (χ3v) is 6.90. The maximum Gasteiger partial charge on any atom is 0.243 e. The summed E-state index contributed by atoms with van der Waals surface area (Å²) < 4.78 is 27.5. The zero-order valence-electron chi connectivity index (χ0n) is 13.4. The lowest BCUT2D eigenvalue weighted by molar-refractivity contribution is 0.269. The van der Waals surface area contributed by atoms with Crippen LogP contribution in [0.2, 0.25) is 0 Å². The molecular formula is C16H26N2O2S. The molecule has 1 aromatic rings. The molecule has 1 aliphatic heterocycles. The van der Waals surface area contributed by atoms with Crippen molar-refractivity contribution in [1.29, 1.82) is 0 Å². The monoisotopic (exact) mass is 310 g/mol. The van der Waals surface area contributed by atoms with Gasteiger partial charge in [-0.3, -0.25) is 0 Å². The highest BCUT2D eigenvalue weighted by Gasteiger charge is 2.31. The number of anilines is 1. The fourth-order valence-corrected chi connectivity index (χ4v) is 5.18. The molecule has 5 heteroatoms. The second-order valence-electron chi connectivity index (χ2n) is 6.13. The van der Waals surface area contributed by atoms with Crippen LogP contribution in [0.15, 0.2) is 11.0 Å². The molecule has 0 unspecified atom stereocenters. The number of hydrogen-bond acceptors (Lipinski definition) is 3. The molecule has 1 saturated heterocycles. The molecule has 1 aromatic carbocycles. The first-order valence-electron chi connectivity index (χ1n) is 7.65. The third kappa shape index (κ3) is 2.94. The Bertz CT molecular complexity index is 630. The van der Waals surface area contributed by atoms with E-state index in [-0.39, 0.29) is 0 Å². The lowest BCUT2D eigenvalue weighted by atomic mass is 9.96. The molecule has 0 spiro atoms. The lowest BCUT2D eigenvalue weighted by Crippen LogP contribution is -2.39. The highest BCUT2D eigenvalue weighted by atomic mass is 32.2. The van der Waals surface area contributed by atoms with Crippen LogP contribution in [0.5, 0.6) is 0 Å². The van der Waals surface area contributed by atoms with E-state index in [0.29, 0.717) is 35.2 Å². The molecule has 0 saturated carbocycles. The highest BCUT2D eigenvalue weighted by Crippen LogP contribution is 2.32. The Morgan fingerprint density at radius 1 is 1.19 bits per heavy atom. The Balaban J connectivity index is 2.40. The quantitative estimate of drug-likeness (QED) is 0.873. The number of nitrogen functional groups attached to an aromatic ring is 1. The summed E-state index contributed by atoms with van der Waals surface area (Å²) in [5.41, 5.74) is 9.04. The summed E-state index contributed by atoms with van der Waals surface area (Å²) >= 11 is 0. The van der Waals surface area contributed by atoms with Gasteiger partial charge >= 0.3 is 0 Å². The van der Waals surface area contributed by atoms with Crippen LogP contribution in [0.25, 0.3) is 0 Å². The van der Waals surface area contributed by atoms with Crippen molar-refractivity contribution in [3.63, 3.8) is 0 Å². The first kappa shape index (κ1) is 16.3. The summed E-state index contributed by atoms with van der Waals surface area (Å²) in [7, 11) is -3.44. The van der Waals surface area contributed by atoms with Crippen molar-refractivity contribution in [2.24, 2.45) is 5.92 Å². The minimum atomic E-state index is -3.44. The minimum Gasteiger partial charge on any atom is -0.398 e. The Labute approximate surface area is 128 Å². The van der Waals surface area contributed by atoms with E-state index in [1.165, 1.54) is 0 Å². The van der Waals surface area contributed by atoms with Gasteiger partial charge in [-0.25, -0.2) is 8.42 Å². The van der Waals surface area contributed by atoms with Gasteiger partial charge in [-0.05, 0) is 56.2 Å². The second-order valence-corrected chi connectivity index (χ2v) is 8.01. The summed E-state index contributed by atoms with van der Waals surface area (Å²) in [5.74, 6) is 0.654. The largest absolute Gasteiger partial charge is 0.398 e. The van der Waals surface area contributed by atoms with Crippen molar-refractivity contribution >= 4 is 15.7 Å². The van der Waals surface area contributed by atoms with E-state index in [1.807, 2.05) is 19.9 Å². The molecule has 0 amide bonds. The molecule has 1 aliphatic rings. The Hall–Kier alpha value is -1.07. The van der Waals surface area contributed by atoms with Gasteiger partial charge in [0.25, 0.3) is 0 Å². The molecule has 0 radical (unpaired) electrons. The number of benzene rings is 1. The van der Waals surface area contributed by atoms with Gasteiger partial charge in [-0.2, -0.15) is 4.31 Å². The van der Waals surface area contributed by atoms with Crippen LogP contribution in [-0.4, -0.2) is 25.8 Å². The van der Waals surface area contributed by atoms with Gasteiger partial charge in [0.05, 0.1) is 4.90 Å². The maximum absolute atomic E-state index is 13.0. The van der Waals surface area contributed by atoms with Crippen molar-refractivity contribution in [3.8, 4) is 0 Å². The van der Waals surface area contributed by atoms with Crippen molar-refractivity contribution in [2.75, 3.05) is 18.8 Å². The fourth-order valence-electron chi connectivity index (χ4n) is 3.27.